The van der Waals surface area contributed by atoms with E-state index >= 15 is 0 Å². The molecule has 1 unspecified atom stereocenters. The van der Waals surface area contributed by atoms with E-state index in [2.05, 4.69) is 10.3 Å². The van der Waals surface area contributed by atoms with Gasteiger partial charge >= 0.3 is 0 Å². The molecule has 2 heterocycles. The maximum absolute atomic E-state index is 14.0. The number of pyridine rings is 1. The molecule has 39 heavy (non-hydrogen) atoms. The minimum Gasteiger partial charge on any atom is -0.395 e. The Kier molecular flexibility index (Phi) is 7.65. The fraction of sp³-hybridized carbons (Fsp3) is 0.323. The van der Waals surface area contributed by atoms with Gasteiger partial charge in [-0.1, -0.05) is 49.7 Å². The topological polar surface area (TPSA) is 112 Å². The highest BCUT2D eigenvalue weighted by Crippen LogP contribution is 2.42. The number of aryl methyl sites for hydroxylation is 1. The number of rotatable bonds is 9. The Bertz CT molecular complexity index is 1410. The van der Waals surface area contributed by atoms with Gasteiger partial charge in [0.25, 0.3) is 5.91 Å². The van der Waals surface area contributed by atoms with Crippen LogP contribution in [0.3, 0.4) is 0 Å². The molecule has 5 rings (SSSR count). The molecule has 1 atom stereocenters. The predicted octanol–water partition coefficient (Wildman–Crippen LogP) is 3.96. The van der Waals surface area contributed by atoms with Crippen LogP contribution in [0.4, 0.5) is 11.4 Å². The molecular weight excluding hydrogens is 492 g/mol. The van der Waals surface area contributed by atoms with Crippen molar-refractivity contribution in [1.29, 1.82) is 0 Å². The minimum absolute atomic E-state index is 0.180. The molecule has 0 spiro atoms. The first kappa shape index (κ1) is 26.4. The van der Waals surface area contributed by atoms with Gasteiger partial charge in [0.1, 0.15) is 6.04 Å². The third-order valence-corrected chi connectivity index (χ3v) is 7.70. The third kappa shape index (κ3) is 5.38. The lowest BCUT2D eigenvalue weighted by Gasteiger charge is -2.40. The number of aliphatic hydroxyl groups is 1. The molecule has 1 saturated carbocycles. The van der Waals surface area contributed by atoms with Crippen LogP contribution in [-0.4, -0.2) is 52.6 Å². The van der Waals surface area contributed by atoms with Gasteiger partial charge in [-0.15, -0.1) is 0 Å². The summed E-state index contributed by atoms with van der Waals surface area (Å²) < 4.78 is 0. The second kappa shape index (κ2) is 11.3. The molecule has 1 aliphatic heterocycles. The van der Waals surface area contributed by atoms with Gasteiger partial charge in [0.2, 0.25) is 5.91 Å². The molecule has 0 radical (unpaired) electrons. The van der Waals surface area contributed by atoms with E-state index in [0.717, 1.165) is 18.4 Å². The number of fused-ring (bicyclic) bond motifs is 1. The van der Waals surface area contributed by atoms with E-state index in [0.29, 0.717) is 41.2 Å². The van der Waals surface area contributed by atoms with Gasteiger partial charge in [-0.3, -0.25) is 24.4 Å². The lowest BCUT2D eigenvalue weighted by Crippen LogP contribution is -2.50. The molecule has 0 bridgehead atoms. The van der Waals surface area contributed by atoms with E-state index in [-0.39, 0.29) is 31.3 Å². The van der Waals surface area contributed by atoms with Crippen LogP contribution in [0.5, 0.6) is 0 Å². The lowest BCUT2D eigenvalue weighted by molar-refractivity contribution is -0.136. The van der Waals surface area contributed by atoms with Crippen LogP contribution < -0.4 is 10.2 Å². The van der Waals surface area contributed by atoms with Gasteiger partial charge in [-0.25, -0.2) is 0 Å². The molecule has 200 valence electrons. The molecule has 2 N–H and O–H groups in total. The first-order chi connectivity index (χ1) is 18.9. The molecule has 0 saturated heterocycles. The number of aromatic nitrogens is 1. The highest BCUT2D eigenvalue weighted by Gasteiger charge is 2.45. The van der Waals surface area contributed by atoms with Crippen LogP contribution in [0, 0.1) is 5.41 Å². The summed E-state index contributed by atoms with van der Waals surface area (Å²) in [6.07, 6.45) is 4.35. The molecule has 1 aromatic heterocycles. The number of para-hydroxylation sites is 1. The molecule has 2 aromatic carbocycles. The van der Waals surface area contributed by atoms with Crippen LogP contribution in [0.15, 0.2) is 77.9 Å². The summed E-state index contributed by atoms with van der Waals surface area (Å²) in [4.78, 5) is 51.3. The van der Waals surface area contributed by atoms with Crippen LogP contribution in [0.25, 0.3) is 0 Å². The van der Waals surface area contributed by atoms with Crippen molar-refractivity contribution in [2.45, 2.75) is 45.1 Å². The zero-order valence-corrected chi connectivity index (χ0v) is 22.0. The first-order valence-electron chi connectivity index (χ1n) is 13.4. The summed E-state index contributed by atoms with van der Waals surface area (Å²) in [5, 5.41) is 12.9. The lowest BCUT2D eigenvalue weighted by atomic mass is 9.66. The summed E-state index contributed by atoms with van der Waals surface area (Å²) in [6, 6.07) is 19.2. The van der Waals surface area contributed by atoms with Crippen molar-refractivity contribution in [3.8, 4) is 0 Å². The van der Waals surface area contributed by atoms with Crippen molar-refractivity contribution in [3.05, 3.63) is 89.7 Å². The Labute approximate surface area is 227 Å². The van der Waals surface area contributed by atoms with E-state index in [9.17, 15) is 19.5 Å². The molecule has 8 heteroatoms. The van der Waals surface area contributed by atoms with Crippen molar-refractivity contribution in [1.82, 2.24) is 4.98 Å². The highest BCUT2D eigenvalue weighted by molar-refractivity contribution is 6.20. The minimum atomic E-state index is -1.07. The number of nitrogens with one attached hydrogen (secondary N) is 1. The number of hydrogen-bond acceptors (Lipinski definition) is 6. The molecule has 1 aliphatic carbocycles. The van der Waals surface area contributed by atoms with Crippen LogP contribution >= 0.6 is 0 Å². The fourth-order valence-corrected chi connectivity index (χ4v) is 5.19. The average Bonchev–Trinajstić information content (AvgIpc) is 3.04. The molecule has 8 nitrogen and oxygen atoms in total. The van der Waals surface area contributed by atoms with Crippen molar-refractivity contribution in [2.24, 2.45) is 10.4 Å². The van der Waals surface area contributed by atoms with Gasteiger partial charge in [0.15, 0.2) is 5.78 Å². The van der Waals surface area contributed by atoms with Gasteiger partial charge in [-0.05, 0) is 55.2 Å². The summed E-state index contributed by atoms with van der Waals surface area (Å²) >= 11 is 0. The van der Waals surface area contributed by atoms with Gasteiger partial charge in [-0.2, -0.15) is 0 Å². The molecule has 3 aromatic rings. The number of benzene rings is 2. The SMILES string of the molecule is CCc1cccc(NC(=O)CC2N=C(c3ccccn3)c3ccccc3N(CC(=O)C3(CO)CCC3)C2=O)c1. The second-order valence-electron chi connectivity index (χ2n) is 10.2. The maximum atomic E-state index is 14.0. The Morgan fingerprint density at radius 3 is 2.56 bits per heavy atom. The predicted molar refractivity (Wildman–Crippen MR) is 150 cm³/mol. The number of carbonyl (C=O) groups excluding carboxylic acids is 3. The Balaban J connectivity index is 1.51. The zero-order chi connectivity index (χ0) is 27.4. The van der Waals surface area contributed by atoms with Crippen LogP contribution in [0.1, 0.15) is 49.4 Å². The highest BCUT2D eigenvalue weighted by atomic mass is 16.3. The van der Waals surface area contributed by atoms with Crippen LogP contribution in [0.2, 0.25) is 0 Å². The fourth-order valence-electron chi connectivity index (χ4n) is 5.19. The number of Topliss-reactive ketones (excluding diaryl/α,β-unsaturated/α-hetero) is 1. The Morgan fingerprint density at radius 2 is 1.87 bits per heavy atom. The summed E-state index contributed by atoms with van der Waals surface area (Å²) in [5.41, 5.74) is 3.17. The Hall–Kier alpha value is -4.17. The first-order valence-corrected chi connectivity index (χ1v) is 13.4. The number of hydrogen-bond donors (Lipinski definition) is 2. The van der Waals surface area contributed by atoms with Crippen molar-refractivity contribution < 1.29 is 19.5 Å². The molecule has 2 amide bonds. The number of amides is 2. The Morgan fingerprint density at radius 1 is 1.08 bits per heavy atom. The number of carbonyl (C=O) groups is 3. The largest absolute Gasteiger partial charge is 0.395 e. The molecule has 2 aliphatic rings. The number of aliphatic imine (C=N–C) groups is 1. The van der Waals surface area contributed by atoms with E-state index in [1.54, 1.807) is 24.4 Å². The number of ketones is 1. The maximum Gasteiger partial charge on any atom is 0.252 e. The summed E-state index contributed by atoms with van der Waals surface area (Å²) in [6.45, 7) is 1.60. The van der Waals surface area contributed by atoms with Crippen molar-refractivity contribution in [3.63, 3.8) is 0 Å². The van der Waals surface area contributed by atoms with Gasteiger partial charge in [0, 0.05) is 17.4 Å². The summed E-state index contributed by atoms with van der Waals surface area (Å²) in [5.74, 6) is -0.972. The number of aliphatic hydroxyl groups excluding tert-OH is 1. The van der Waals surface area contributed by atoms with Crippen molar-refractivity contribution in [2.75, 3.05) is 23.4 Å². The van der Waals surface area contributed by atoms with Crippen molar-refractivity contribution >= 4 is 34.7 Å². The van der Waals surface area contributed by atoms with E-state index in [1.165, 1.54) is 4.90 Å². The van der Waals surface area contributed by atoms with E-state index in [1.807, 2.05) is 55.5 Å². The summed E-state index contributed by atoms with van der Waals surface area (Å²) in [7, 11) is 0. The zero-order valence-electron chi connectivity index (χ0n) is 22.0. The van der Waals surface area contributed by atoms with E-state index < -0.39 is 17.4 Å². The van der Waals surface area contributed by atoms with Crippen LogP contribution in [-0.2, 0) is 20.8 Å². The standard InChI is InChI=1S/C31H32N4O4/c1-2-21-9-7-10-22(17-21)33-28(38)18-25-30(39)35(19-27(37)31(20-36)14-8-15-31)26-13-4-3-11-23(26)29(34-25)24-12-5-6-16-32-24/h3-7,9-13,16-17,25,36H,2,8,14-15,18-20H2,1H3,(H,33,38). The monoisotopic (exact) mass is 524 g/mol. The second-order valence-corrected chi connectivity index (χ2v) is 10.2. The van der Waals surface area contributed by atoms with Gasteiger partial charge < -0.3 is 15.3 Å². The quantitative estimate of drug-likeness (QED) is 0.440. The number of benzodiazepines with no additional fused rings is 1. The smallest absolute Gasteiger partial charge is 0.252 e. The number of nitrogens with zero attached hydrogens (tertiary/aromatic N) is 3. The van der Waals surface area contributed by atoms with E-state index in [4.69, 9.17) is 4.99 Å². The third-order valence-electron chi connectivity index (χ3n) is 7.70. The normalized spacial score (nSPS) is 17.9. The molecular formula is C31H32N4O4. The average molecular weight is 525 g/mol. The van der Waals surface area contributed by atoms with Gasteiger partial charge in [0.05, 0.1) is 42.1 Å². The molecule has 1 fully saturated rings. The number of anilines is 2.